The van der Waals surface area contributed by atoms with Gasteiger partial charge in [-0.3, -0.25) is 0 Å². The summed E-state index contributed by atoms with van der Waals surface area (Å²) in [6.07, 6.45) is -5.00. The number of ether oxygens (including phenoxy) is 3. The number of aliphatic hydroxyl groups is 2. The maximum absolute atomic E-state index is 9.82. The fourth-order valence-electron chi connectivity index (χ4n) is 1.88. The maximum Gasteiger partial charge on any atom is 0.190 e. The van der Waals surface area contributed by atoms with Crippen LogP contribution in [0.4, 0.5) is 0 Å². The molecule has 8 nitrogen and oxygen atoms in total. The molecule has 0 radical (unpaired) electrons. The van der Waals surface area contributed by atoms with Gasteiger partial charge in [0.1, 0.15) is 18.3 Å². The predicted molar refractivity (Wildman–Crippen MR) is 49.9 cm³/mol. The summed E-state index contributed by atoms with van der Waals surface area (Å²) in [7, 11) is 0. The summed E-state index contributed by atoms with van der Waals surface area (Å²) in [6.45, 7) is 3.39. The normalized spacial score (nSPS) is 42.5. The van der Waals surface area contributed by atoms with Crippen molar-refractivity contribution in [3.8, 4) is 0 Å². The van der Waals surface area contributed by atoms with Gasteiger partial charge in [0.2, 0.25) is 0 Å². The third-order valence-electron chi connectivity index (χ3n) is 2.52. The molecule has 0 aromatic carbocycles. The molecule has 0 saturated carbocycles. The second-order valence-electron chi connectivity index (χ2n) is 4.18. The van der Waals surface area contributed by atoms with Crippen molar-refractivity contribution in [1.82, 2.24) is 0 Å². The van der Waals surface area contributed by atoms with Crippen LogP contribution in [0.1, 0.15) is 13.8 Å². The van der Waals surface area contributed by atoms with Crippen molar-refractivity contribution in [3.63, 3.8) is 0 Å². The van der Waals surface area contributed by atoms with Crippen LogP contribution in [0.2, 0.25) is 0 Å². The van der Waals surface area contributed by atoms with Gasteiger partial charge >= 0.3 is 0 Å². The van der Waals surface area contributed by atoms with Crippen LogP contribution in [0.5, 0.6) is 0 Å². The van der Waals surface area contributed by atoms with E-state index in [1.165, 1.54) is 0 Å². The van der Waals surface area contributed by atoms with E-state index in [0.29, 0.717) is 0 Å². The average molecular weight is 231 g/mol. The lowest BCUT2D eigenvalue weighted by molar-refractivity contribution is -0.225. The van der Waals surface area contributed by atoms with E-state index in [1.54, 1.807) is 13.8 Å². The van der Waals surface area contributed by atoms with Gasteiger partial charge in [0.15, 0.2) is 18.3 Å². The summed E-state index contributed by atoms with van der Waals surface area (Å²) in [4.78, 5) is 2.44. The quantitative estimate of drug-likeness (QED) is 0.389. The molecule has 2 aliphatic rings. The van der Waals surface area contributed by atoms with Crippen molar-refractivity contribution < 1.29 is 24.4 Å². The third-order valence-corrected chi connectivity index (χ3v) is 2.52. The summed E-state index contributed by atoms with van der Waals surface area (Å²) >= 11 is 0. The summed E-state index contributed by atoms with van der Waals surface area (Å²) in [5.74, 6) is -0.829. The molecule has 8 heteroatoms. The van der Waals surface area contributed by atoms with Crippen molar-refractivity contribution in [3.05, 3.63) is 10.4 Å². The molecule has 0 aromatic rings. The molecule has 0 aromatic heterocycles. The fourth-order valence-corrected chi connectivity index (χ4v) is 1.88. The van der Waals surface area contributed by atoms with E-state index in [1.807, 2.05) is 0 Å². The lowest BCUT2D eigenvalue weighted by atomic mass is 10.1. The number of aliphatic hydroxyl groups excluding tert-OH is 2. The fraction of sp³-hybridized carbons (Fsp3) is 1.00. The Hall–Kier alpha value is -0.890. The van der Waals surface area contributed by atoms with Crippen molar-refractivity contribution in [2.45, 2.75) is 50.5 Å². The zero-order chi connectivity index (χ0) is 11.9. The van der Waals surface area contributed by atoms with Crippen LogP contribution in [-0.4, -0.2) is 46.8 Å². The molecule has 90 valence electrons. The molecule has 16 heavy (non-hydrogen) atoms. The first-order valence-corrected chi connectivity index (χ1v) is 4.86. The topological polar surface area (TPSA) is 117 Å². The van der Waals surface area contributed by atoms with Crippen LogP contribution in [0.15, 0.2) is 5.11 Å². The van der Waals surface area contributed by atoms with Gasteiger partial charge in [-0.25, -0.2) is 0 Å². The van der Waals surface area contributed by atoms with E-state index < -0.39 is 36.6 Å². The van der Waals surface area contributed by atoms with Crippen LogP contribution in [0.25, 0.3) is 10.4 Å². The first-order valence-electron chi connectivity index (χ1n) is 4.86. The lowest BCUT2D eigenvalue weighted by Gasteiger charge is -2.23. The van der Waals surface area contributed by atoms with Gasteiger partial charge in [0.05, 0.1) is 0 Å². The van der Waals surface area contributed by atoms with E-state index in [2.05, 4.69) is 10.0 Å². The van der Waals surface area contributed by atoms with Gasteiger partial charge in [-0.05, 0) is 19.4 Å². The SMILES string of the molecule is CC1(C)O[C@H]2O[C@H](C(O)N=[N+]=[N-])[C@H](O)[C@H]2O1. The number of azide groups is 1. The Morgan fingerprint density at radius 2 is 2.12 bits per heavy atom. The largest absolute Gasteiger partial charge is 0.387 e. The minimum atomic E-state index is -1.46. The highest BCUT2D eigenvalue weighted by Gasteiger charge is 2.55. The molecule has 5 atom stereocenters. The molecule has 2 rings (SSSR count). The summed E-state index contributed by atoms with van der Waals surface area (Å²) in [5.41, 5.74) is 8.17. The predicted octanol–water partition coefficient (Wildman–Crippen LogP) is -0.148. The molecule has 0 amide bonds. The number of hydrogen-bond donors (Lipinski definition) is 2. The van der Waals surface area contributed by atoms with E-state index in [4.69, 9.17) is 19.7 Å². The Kier molecular flexibility index (Phi) is 2.79. The van der Waals surface area contributed by atoms with Crippen molar-refractivity contribution in [2.24, 2.45) is 5.11 Å². The number of nitrogens with zero attached hydrogens (tertiary/aromatic N) is 3. The van der Waals surface area contributed by atoms with Gasteiger partial charge in [-0.1, -0.05) is 5.11 Å². The molecule has 0 bridgehead atoms. The zero-order valence-corrected chi connectivity index (χ0v) is 8.85. The van der Waals surface area contributed by atoms with Crippen molar-refractivity contribution >= 4 is 0 Å². The Labute approximate surface area is 91.3 Å². The second-order valence-corrected chi connectivity index (χ2v) is 4.18. The summed E-state index contributed by atoms with van der Waals surface area (Å²) in [6, 6.07) is 0. The average Bonchev–Trinajstić information content (AvgIpc) is 2.62. The molecular weight excluding hydrogens is 218 g/mol. The van der Waals surface area contributed by atoms with Gasteiger partial charge < -0.3 is 24.4 Å². The Bertz CT molecular complexity index is 330. The van der Waals surface area contributed by atoms with Crippen LogP contribution in [0.3, 0.4) is 0 Å². The van der Waals surface area contributed by atoms with Gasteiger partial charge in [0.25, 0.3) is 0 Å². The highest BCUT2D eigenvalue weighted by atomic mass is 16.8. The van der Waals surface area contributed by atoms with Crippen LogP contribution < -0.4 is 0 Å². The van der Waals surface area contributed by atoms with Crippen molar-refractivity contribution in [2.75, 3.05) is 0 Å². The van der Waals surface area contributed by atoms with Crippen molar-refractivity contribution in [1.29, 1.82) is 0 Å². The molecular formula is C8H13N3O5. The molecule has 0 spiro atoms. The van der Waals surface area contributed by atoms with E-state index in [-0.39, 0.29) is 0 Å². The Morgan fingerprint density at radius 1 is 1.44 bits per heavy atom. The standard InChI is InChI=1S/C8H13N3O5/c1-8(2)15-5-3(12)4(6(13)10-11-9)14-7(5)16-8/h3-7,12-13H,1-2H3/t3-,4-,5+,6?,7+/m0/s1. The van der Waals surface area contributed by atoms with E-state index in [9.17, 15) is 10.2 Å². The number of hydrogen-bond acceptors (Lipinski definition) is 6. The summed E-state index contributed by atoms with van der Waals surface area (Å²) < 4.78 is 16.0. The molecule has 2 N–H and O–H groups in total. The van der Waals surface area contributed by atoms with Crippen LogP contribution in [-0.2, 0) is 14.2 Å². The van der Waals surface area contributed by atoms with Crippen LogP contribution in [0, 0.1) is 0 Å². The third kappa shape index (κ3) is 1.86. The minimum Gasteiger partial charge on any atom is -0.387 e. The highest BCUT2D eigenvalue weighted by molar-refractivity contribution is 4.95. The highest BCUT2D eigenvalue weighted by Crippen LogP contribution is 2.38. The molecule has 2 saturated heterocycles. The molecule has 0 aliphatic carbocycles. The Morgan fingerprint density at radius 3 is 2.69 bits per heavy atom. The van der Waals surface area contributed by atoms with Gasteiger partial charge in [0, 0.05) is 4.91 Å². The zero-order valence-electron chi connectivity index (χ0n) is 8.85. The minimum absolute atomic E-state index is 0.677. The summed E-state index contributed by atoms with van der Waals surface area (Å²) in [5, 5.41) is 22.3. The number of rotatable bonds is 2. The molecule has 2 fully saturated rings. The van der Waals surface area contributed by atoms with E-state index in [0.717, 1.165) is 0 Å². The van der Waals surface area contributed by atoms with Gasteiger partial charge in [-0.2, -0.15) is 0 Å². The van der Waals surface area contributed by atoms with Crippen LogP contribution >= 0.6 is 0 Å². The number of fused-ring (bicyclic) bond motifs is 1. The first kappa shape index (κ1) is 11.6. The Balaban J connectivity index is 2.08. The molecule has 2 heterocycles. The lowest BCUT2D eigenvalue weighted by Crippen LogP contribution is -2.39. The monoisotopic (exact) mass is 231 g/mol. The van der Waals surface area contributed by atoms with Gasteiger partial charge in [-0.15, -0.1) is 0 Å². The van der Waals surface area contributed by atoms with E-state index >= 15 is 0 Å². The molecule has 1 unspecified atom stereocenters. The molecule has 2 aliphatic heterocycles. The smallest absolute Gasteiger partial charge is 0.190 e. The maximum atomic E-state index is 9.82. The second kappa shape index (κ2) is 3.85. The first-order chi connectivity index (χ1) is 7.44.